The van der Waals surface area contributed by atoms with E-state index in [0.717, 1.165) is 101 Å². The number of hydrogen-bond acceptors (Lipinski definition) is 4. The summed E-state index contributed by atoms with van der Waals surface area (Å²) < 4.78 is 4.30. The van der Waals surface area contributed by atoms with Gasteiger partial charge in [0, 0.05) is 50.6 Å². The first-order valence-electron chi connectivity index (χ1n) is 24.3. The molecule has 0 radical (unpaired) electrons. The molecule has 0 spiro atoms. The van der Waals surface area contributed by atoms with E-state index in [-0.39, 0.29) is 0 Å². The zero-order chi connectivity index (χ0) is 47.8. The molecule has 0 saturated carbocycles. The van der Waals surface area contributed by atoms with Crippen LogP contribution in [-0.4, -0.2) is 19.6 Å². The summed E-state index contributed by atoms with van der Waals surface area (Å²) in [5.74, 6) is 0. The first kappa shape index (κ1) is 42.3. The predicted octanol–water partition coefficient (Wildman–Crippen LogP) is 17.5. The van der Waals surface area contributed by atoms with Gasteiger partial charge in [0.15, 0.2) is 0 Å². The van der Waals surface area contributed by atoms with Gasteiger partial charge in [-0.2, -0.15) is 0 Å². The second kappa shape index (κ2) is 18.3. The molecule has 0 amide bonds. The van der Waals surface area contributed by atoms with Gasteiger partial charge in [0.05, 0.1) is 22.2 Å². The second-order valence-electron chi connectivity index (χ2n) is 18.0. The van der Waals surface area contributed by atoms with Gasteiger partial charge in [-0.1, -0.05) is 151 Å². The van der Waals surface area contributed by atoms with E-state index >= 15 is 0 Å². The molecule has 6 heteroatoms. The molecule has 13 rings (SSSR count). The van der Waals surface area contributed by atoms with E-state index in [9.17, 15) is 0 Å². The van der Waals surface area contributed by atoms with Gasteiger partial charge < -0.3 is 14.4 Å². The summed E-state index contributed by atoms with van der Waals surface area (Å²) >= 11 is 0. The molecule has 11 aromatic carbocycles. The molecule has 0 saturated heterocycles. The van der Waals surface area contributed by atoms with Crippen molar-refractivity contribution < 1.29 is 0 Å². The maximum absolute atomic E-state index is 4.42. The van der Waals surface area contributed by atoms with Gasteiger partial charge in [-0.15, -0.1) is 5.10 Å². The molecule has 0 fully saturated rings. The van der Waals surface area contributed by atoms with Crippen molar-refractivity contribution in [2.45, 2.75) is 0 Å². The highest BCUT2D eigenvalue weighted by atomic mass is 15.4. The van der Waals surface area contributed by atoms with Crippen LogP contribution in [0.4, 0.5) is 34.1 Å². The lowest BCUT2D eigenvalue weighted by atomic mass is 9.99. The lowest BCUT2D eigenvalue weighted by molar-refractivity contribution is 0.824. The predicted molar refractivity (Wildman–Crippen MR) is 299 cm³/mol. The third-order valence-corrected chi connectivity index (χ3v) is 13.7. The number of nitrogens with zero attached hydrogens (tertiary/aromatic N) is 6. The largest absolute Gasteiger partial charge is 0.311 e. The monoisotopic (exact) mass is 922 g/mol. The van der Waals surface area contributed by atoms with Crippen molar-refractivity contribution in [2.75, 3.05) is 9.80 Å². The Labute approximate surface area is 418 Å². The van der Waals surface area contributed by atoms with E-state index in [1.165, 1.54) is 10.8 Å². The molecule has 0 aliphatic heterocycles. The minimum absolute atomic E-state index is 0.877. The molecule has 0 aliphatic carbocycles. The van der Waals surface area contributed by atoms with E-state index in [1.807, 2.05) is 28.9 Å². The molecule has 0 unspecified atom stereocenters. The number of fused-ring (bicyclic) bond motifs is 4. The minimum atomic E-state index is 0.877. The van der Waals surface area contributed by atoms with Crippen LogP contribution in [0.25, 0.3) is 77.6 Å². The van der Waals surface area contributed by atoms with Crippen molar-refractivity contribution in [3.8, 4) is 44.8 Å². The SMILES string of the molecule is c1ccc(N(c2ccccc2)c2ccc(-c3ccc4c(c3)c3cc(-c5ccc(N(c6ccccc6)c6ccccc6)cc5)ccc3n4-c3ccc(-c4ccc(-n5nnc6ccccc65)cc4)cc3)cc2)cc1. The molecule has 0 N–H and O–H groups in total. The fraction of sp³-hybridized carbons (Fsp3) is 0. The fourth-order valence-corrected chi connectivity index (χ4v) is 10.1. The van der Waals surface area contributed by atoms with Crippen molar-refractivity contribution in [3.05, 3.63) is 279 Å². The van der Waals surface area contributed by atoms with Gasteiger partial charge in [-0.3, -0.25) is 0 Å². The standard InChI is InChI=1S/C66H46N6/c1-5-15-53(16-6-1)69(54-17-7-2-8-18-54)57-35-27-49(28-36-57)51-33-43-64-61(45-51)62-46-52(50-29-37-58(38-30-50)70(55-19-9-3-10-20-55)56-21-11-4-12-22-56)34-44-65(62)71(64)59-39-25-47(26-40-59)48-31-41-60(42-32-48)72-66-24-14-13-23-63(66)67-68-72/h1-46H. The molecule has 2 heterocycles. The number of aromatic nitrogens is 4. The van der Waals surface area contributed by atoms with E-state index in [2.05, 4.69) is 279 Å². The molecule has 0 bridgehead atoms. The van der Waals surface area contributed by atoms with E-state index in [4.69, 9.17) is 0 Å². The Morgan fingerprint density at radius 2 is 0.597 bits per heavy atom. The first-order valence-corrected chi connectivity index (χ1v) is 24.3. The molecular weight excluding hydrogens is 877 g/mol. The lowest BCUT2D eigenvalue weighted by Crippen LogP contribution is -2.09. The molecule has 0 atom stereocenters. The van der Waals surface area contributed by atoms with E-state index in [0.29, 0.717) is 0 Å². The van der Waals surface area contributed by atoms with Crippen LogP contribution in [0, 0.1) is 0 Å². The van der Waals surface area contributed by atoms with Crippen molar-refractivity contribution in [2.24, 2.45) is 0 Å². The van der Waals surface area contributed by atoms with Crippen molar-refractivity contribution in [1.82, 2.24) is 19.6 Å². The smallest absolute Gasteiger partial charge is 0.113 e. The van der Waals surface area contributed by atoms with Crippen molar-refractivity contribution in [1.29, 1.82) is 0 Å². The molecule has 2 aromatic heterocycles. The molecule has 340 valence electrons. The van der Waals surface area contributed by atoms with Gasteiger partial charge in [0.2, 0.25) is 0 Å². The number of para-hydroxylation sites is 5. The summed E-state index contributed by atoms with van der Waals surface area (Å²) in [6.45, 7) is 0. The Morgan fingerprint density at radius 1 is 0.264 bits per heavy atom. The third kappa shape index (κ3) is 7.83. The van der Waals surface area contributed by atoms with E-state index < -0.39 is 0 Å². The van der Waals surface area contributed by atoms with Gasteiger partial charge in [-0.05, 0) is 167 Å². The van der Waals surface area contributed by atoms with Crippen LogP contribution in [0.2, 0.25) is 0 Å². The maximum atomic E-state index is 4.42. The van der Waals surface area contributed by atoms with E-state index in [1.54, 1.807) is 0 Å². The minimum Gasteiger partial charge on any atom is -0.311 e. The summed E-state index contributed by atoms with van der Waals surface area (Å²) in [4.78, 5) is 4.60. The molecule has 0 aliphatic rings. The number of rotatable bonds is 11. The summed E-state index contributed by atoms with van der Waals surface area (Å²) in [6.07, 6.45) is 0. The van der Waals surface area contributed by atoms with Crippen LogP contribution in [0.3, 0.4) is 0 Å². The van der Waals surface area contributed by atoms with Crippen molar-refractivity contribution in [3.63, 3.8) is 0 Å². The Bertz CT molecular complexity index is 3720. The molecular formula is C66H46N6. The number of hydrogen-bond donors (Lipinski definition) is 0. The summed E-state index contributed by atoms with van der Waals surface area (Å²) in [6, 6.07) is 99.5. The summed E-state index contributed by atoms with van der Waals surface area (Å²) in [7, 11) is 0. The molecule has 6 nitrogen and oxygen atoms in total. The average Bonchev–Trinajstić information content (AvgIpc) is 4.04. The average molecular weight is 923 g/mol. The quantitative estimate of drug-likeness (QED) is 0.130. The van der Waals surface area contributed by atoms with Crippen LogP contribution in [0.5, 0.6) is 0 Å². The zero-order valence-corrected chi connectivity index (χ0v) is 39.2. The lowest BCUT2D eigenvalue weighted by Gasteiger charge is -2.25. The molecule has 72 heavy (non-hydrogen) atoms. The summed E-state index contributed by atoms with van der Waals surface area (Å²) in [5, 5.41) is 11.2. The first-order chi connectivity index (χ1) is 35.7. The third-order valence-electron chi connectivity index (χ3n) is 13.7. The van der Waals surface area contributed by atoms with Crippen molar-refractivity contribution >= 4 is 67.0 Å². The van der Waals surface area contributed by atoms with Gasteiger partial charge in [0.1, 0.15) is 5.52 Å². The van der Waals surface area contributed by atoms with Gasteiger partial charge >= 0.3 is 0 Å². The van der Waals surface area contributed by atoms with Crippen LogP contribution < -0.4 is 9.80 Å². The normalized spacial score (nSPS) is 11.3. The number of benzene rings is 11. The highest BCUT2D eigenvalue weighted by Gasteiger charge is 2.18. The highest BCUT2D eigenvalue weighted by Crippen LogP contribution is 2.41. The Balaban J connectivity index is 0.883. The van der Waals surface area contributed by atoms with Gasteiger partial charge in [0.25, 0.3) is 0 Å². The van der Waals surface area contributed by atoms with Crippen LogP contribution >= 0.6 is 0 Å². The topological polar surface area (TPSA) is 42.1 Å². The maximum Gasteiger partial charge on any atom is 0.113 e. The van der Waals surface area contributed by atoms with Gasteiger partial charge in [-0.25, -0.2) is 4.68 Å². The van der Waals surface area contributed by atoms with Crippen LogP contribution in [-0.2, 0) is 0 Å². The zero-order valence-electron chi connectivity index (χ0n) is 39.2. The Kier molecular flexibility index (Phi) is 10.7. The van der Waals surface area contributed by atoms with Crippen LogP contribution in [0.1, 0.15) is 0 Å². The van der Waals surface area contributed by atoms with Crippen LogP contribution in [0.15, 0.2) is 279 Å². The molecule has 13 aromatic rings. The summed E-state index contributed by atoms with van der Waals surface area (Å²) in [5.41, 5.74) is 19.8. The highest BCUT2D eigenvalue weighted by molar-refractivity contribution is 6.11. The Hall–Kier alpha value is -9.78. The Morgan fingerprint density at radius 3 is 1.03 bits per heavy atom. The number of anilines is 6. The fourth-order valence-electron chi connectivity index (χ4n) is 10.1. The second-order valence-corrected chi connectivity index (χ2v) is 18.0.